The molecule has 0 aromatic heterocycles. The van der Waals surface area contributed by atoms with Gasteiger partial charge in [-0.3, -0.25) is 0 Å². The molecule has 0 aliphatic carbocycles. The number of carbonyl (C=O) groups excluding carboxylic acids is 1. The Hall–Kier alpha value is -1.62. The van der Waals surface area contributed by atoms with Gasteiger partial charge in [-0.1, -0.05) is 12.1 Å². The van der Waals surface area contributed by atoms with Gasteiger partial charge in [0.05, 0.1) is 12.6 Å². The zero-order valence-corrected chi connectivity index (χ0v) is 9.79. The number of amides is 1. The van der Waals surface area contributed by atoms with Gasteiger partial charge in [0.25, 0.3) is 0 Å². The van der Waals surface area contributed by atoms with Crippen LogP contribution in [0.25, 0.3) is 0 Å². The molecular weight excluding hydrogens is 246 g/mol. The van der Waals surface area contributed by atoms with Gasteiger partial charge in [-0.2, -0.15) is 0 Å². The van der Waals surface area contributed by atoms with Gasteiger partial charge < -0.3 is 19.5 Å². The first kappa shape index (κ1) is 11.9. The Balaban J connectivity index is 0.00000108. The molecule has 6 heteroatoms. The number of halogens is 1. The largest absolute Gasteiger partial charge is 0.454 e. The van der Waals surface area contributed by atoms with Crippen molar-refractivity contribution in [3.8, 4) is 11.5 Å². The van der Waals surface area contributed by atoms with E-state index in [0.29, 0.717) is 6.61 Å². The van der Waals surface area contributed by atoms with Gasteiger partial charge in [0.15, 0.2) is 11.5 Å². The van der Waals surface area contributed by atoms with Gasteiger partial charge in [0, 0.05) is 12.0 Å². The second-order valence-electron chi connectivity index (χ2n) is 3.70. The summed E-state index contributed by atoms with van der Waals surface area (Å²) in [6.07, 6.45) is 0.360. The molecular formula is C11H12ClNO4. The van der Waals surface area contributed by atoms with Gasteiger partial charge in [0.2, 0.25) is 6.79 Å². The molecule has 0 unspecified atom stereocenters. The molecule has 1 fully saturated rings. The highest BCUT2D eigenvalue weighted by Crippen LogP contribution is 2.39. The van der Waals surface area contributed by atoms with Crippen molar-refractivity contribution in [2.24, 2.45) is 0 Å². The molecule has 1 saturated heterocycles. The van der Waals surface area contributed by atoms with Crippen molar-refractivity contribution in [3.05, 3.63) is 23.8 Å². The molecule has 3 rings (SSSR count). The maximum Gasteiger partial charge on any atom is 0.407 e. The van der Waals surface area contributed by atoms with E-state index >= 15 is 0 Å². The van der Waals surface area contributed by atoms with Crippen LogP contribution in [0.2, 0.25) is 0 Å². The summed E-state index contributed by atoms with van der Waals surface area (Å²) in [5.74, 6) is 1.47. The molecule has 0 spiro atoms. The summed E-state index contributed by atoms with van der Waals surface area (Å²) in [5, 5.41) is 2.77. The van der Waals surface area contributed by atoms with Crippen molar-refractivity contribution in [2.45, 2.75) is 12.5 Å². The van der Waals surface area contributed by atoms with Crippen LogP contribution in [0.1, 0.15) is 18.0 Å². The lowest BCUT2D eigenvalue weighted by Gasteiger charge is -2.24. The number of nitrogens with one attached hydrogen (secondary N) is 1. The first-order valence-corrected chi connectivity index (χ1v) is 5.16. The van der Waals surface area contributed by atoms with Crippen molar-refractivity contribution < 1.29 is 19.0 Å². The summed E-state index contributed by atoms with van der Waals surface area (Å²) in [6.45, 7) is 0.671. The van der Waals surface area contributed by atoms with Crippen molar-refractivity contribution in [1.82, 2.24) is 5.32 Å². The number of rotatable bonds is 1. The van der Waals surface area contributed by atoms with Crippen LogP contribution in [0.5, 0.6) is 11.5 Å². The highest BCUT2D eigenvalue weighted by Gasteiger charge is 2.27. The molecule has 0 bridgehead atoms. The minimum absolute atomic E-state index is 0. The van der Waals surface area contributed by atoms with E-state index in [4.69, 9.17) is 14.2 Å². The van der Waals surface area contributed by atoms with E-state index in [2.05, 4.69) is 5.32 Å². The molecule has 0 saturated carbocycles. The van der Waals surface area contributed by atoms with Crippen molar-refractivity contribution >= 4 is 18.5 Å². The molecule has 1 N–H and O–H groups in total. The number of alkyl carbamates (subject to hydrolysis) is 1. The molecule has 0 radical (unpaired) electrons. The highest BCUT2D eigenvalue weighted by atomic mass is 35.5. The first-order chi connectivity index (χ1) is 7.84. The van der Waals surface area contributed by atoms with E-state index in [-0.39, 0.29) is 31.3 Å². The van der Waals surface area contributed by atoms with Gasteiger partial charge in [-0.25, -0.2) is 4.79 Å². The predicted molar refractivity (Wildman–Crippen MR) is 61.7 cm³/mol. The summed E-state index contributed by atoms with van der Waals surface area (Å²) in [7, 11) is 0. The lowest BCUT2D eigenvalue weighted by molar-refractivity contribution is 0.114. The summed E-state index contributed by atoms with van der Waals surface area (Å²) in [6, 6.07) is 5.62. The third kappa shape index (κ3) is 2.10. The van der Waals surface area contributed by atoms with Crippen LogP contribution in [-0.4, -0.2) is 19.5 Å². The van der Waals surface area contributed by atoms with Crippen molar-refractivity contribution in [3.63, 3.8) is 0 Å². The van der Waals surface area contributed by atoms with Crippen LogP contribution in [0.4, 0.5) is 4.79 Å². The zero-order valence-electron chi connectivity index (χ0n) is 8.97. The van der Waals surface area contributed by atoms with Crippen LogP contribution in [0, 0.1) is 0 Å². The number of carbonyl (C=O) groups is 1. The maximum atomic E-state index is 11.1. The SMILES string of the molecule is Cl.O=C1N[C@@H](c2cccc3c2OCO3)CCO1. The number of hydrogen-bond acceptors (Lipinski definition) is 4. The van der Waals surface area contributed by atoms with E-state index in [1.165, 1.54) is 0 Å². The van der Waals surface area contributed by atoms with Gasteiger partial charge >= 0.3 is 6.09 Å². The quantitative estimate of drug-likeness (QED) is 0.836. The molecule has 92 valence electrons. The van der Waals surface area contributed by atoms with E-state index in [1.807, 2.05) is 18.2 Å². The minimum Gasteiger partial charge on any atom is -0.454 e. The smallest absolute Gasteiger partial charge is 0.407 e. The number of para-hydroxylation sites is 1. The standard InChI is InChI=1S/C11H11NO4.ClH/c13-11-12-8(4-5-14-11)7-2-1-3-9-10(7)16-6-15-9;/h1-3,8H,4-6H2,(H,12,13);1H/t8-;/m1./s1. The molecule has 1 aromatic rings. The van der Waals surface area contributed by atoms with E-state index in [9.17, 15) is 4.79 Å². The summed E-state index contributed by atoms with van der Waals surface area (Å²) >= 11 is 0. The van der Waals surface area contributed by atoms with Gasteiger partial charge in [-0.05, 0) is 6.07 Å². The number of benzene rings is 1. The normalized spacial score (nSPS) is 21.2. The fraction of sp³-hybridized carbons (Fsp3) is 0.364. The zero-order chi connectivity index (χ0) is 11.0. The van der Waals surface area contributed by atoms with Crippen LogP contribution in [-0.2, 0) is 4.74 Å². The molecule has 1 aromatic carbocycles. The summed E-state index contributed by atoms with van der Waals surface area (Å²) in [5.41, 5.74) is 0.951. The Morgan fingerprint density at radius 1 is 1.24 bits per heavy atom. The third-order valence-electron chi connectivity index (χ3n) is 2.73. The number of cyclic esters (lactones) is 1. The van der Waals surface area contributed by atoms with Crippen LogP contribution in [0.3, 0.4) is 0 Å². The second-order valence-corrected chi connectivity index (χ2v) is 3.70. The molecule has 5 nitrogen and oxygen atoms in total. The predicted octanol–water partition coefficient (Wildman–Crippen LogP) is 2.01. The minimum atomic E-state index is -0.382. The molecule has 2 aliphatic heterocycles. The Morgan fingerprint density at radius 3 is 2.94 bits per heavy atom. The van der Waals surface area contributed by atoms with E-state index < -0.39 is 0 Å². The van der Waals surface area contributed by atoms with Crippen molar-refractivity contribution in [1.29, 1.82) is 0 Å². The Kier molecular flexibility index (Phi) is 3.28. The molecule has 2 aliphatic rings. The van der Waals surface area contributed by atoms with E-state index in [0.717, 1.165) is 23.5 Å². The molecule has 2 heterocycles. The average molecular weight is 258 g/mol. The Bertz CT molecular complexity index is 437. The van der Waals surface area contributed by atoms with Crippen LogP contribution in [0.15, 0.2) is 18.2 Å². The summed E-state index contributed by atoms with van der Waals surface area (Å²) < 4.78 is 15.5. The maximum absolute atomic E-state index is 11.1. The lowest BCUT2D eigenvalue weighted by atomic mass is 10.0. The van der Waals surface area contributed by atoms with Gasteiger partial charge in [0.1, 0.15) is 0 Å². The van der Waals surface area contributed by atoms with Crippen LogP contribution >= 0.6 is 12.4 Å². The number of fused-ring (bicyclic) bond motifs is 1. The number of ether oxygens (including phenoxy) is 3. The highest BCUT2D eigenvalue weighted by molar-refractivity contribution is 5.85. The molecule has 1 amide bonds. The van der Waals surface area contributed by atoms with Crippen LogP contribution < -0.4 is 14.8 Å². The average Bonchev–Trinajstić information content (AvgIpc) is 2.76. The Labute approximate surface area is 104 Å². The first-order valence-electron chi connectivity index (χ1n) is 5.16. The molecule has 1 atom stereocenters. The number of hydrogen-bond donors (Lipinski definition) is 1. The monoisotopic (exact) mass is 257 g/mol. The lowest BCUT2D eigenvalue weighted by Crippen LogP contribution is -2.35. The van der Waals surface area contributed by atoms with Gasteiger partial charge in [-0.15, -0.1) is 12.4 Å². The van der Waals surface area contributed by atoms with Crippen molar-refractivity contribution in [2.75, 3.05) is 13.4 Å². The molecule has 17 heavy (non-hydrogen) atoms. The second kappa shape index (κ2) is 4.71. The third-order valence-corrected chi connectivity index (χ3v) is 2.73. The van der Waals surface area contributed by atoms with E-state index in [1.54, 1.807) is 0 Å². The topological polar surface area (TPSA) is 56.8 Å². The summed E-state index contributed by atoms with van der Waals surface area (Å²) in [4.78, 5) is 11.1. The fourth-order valence-corrected chi connectivity index (χ4v) is 1.99. The fourth-order valence-electron chi connectivity index (χ4n) is 1.99. The Morgan fingerprint density at radius 2 is 2.12 bits per heavy atom.